The Morgan fingerprint density at radius 3 is 2.29 bits per heavy atom. The molecule has 2 aromatic rings. The molecule has 0 aliphatic carbocycles. The van der Waals surface area contributed by atoms with E-state index in [1.807, 2.05) is 0 Å². The quantitative estimate of drug-likeness (QED) is 0.674. The van der Waals surface area contributed by atoms with Gasteiger partial charge in [0.1, 0.15) is 0 Å². The van der Waals surface area contributed by atoms with Crippen molar-refractivity contribution in [2.75, 3.05) is 18.2 Å². The number of nitrogen functional groups attached to an aromatic ring is 1. The Kier molecular flexibility index (Phi) is 4.45. The minimum Gasteiger partial charge on any atom is -0.465 e. The van der Waals surface area contributed by atoms with Gasteiger partial charge in [0, 0.05) is 11.3 Å². The van der Waals surface area contributed by atoms with Crippen LogP contribution in [0.5, 0.6) is 0 Å². The third-order valence-corrected chi connectivity index (χ3v) is 3.15. The van der Waals surface area contributed by atoms with Gasteiger partial charge in [0.25, 0.3) is 5.91 Å². The lowest BCUT2D eigenvalue weighted by Gasteiger charge is -2.07. The molecule has 0 atom stereocenters. The maximum Gasteiger partial charge on any atom is 0.337 e. The first-order valence-electron chi connectivity index (χ1n) is 6.06. The van der Waals surface area contributed by atoms with Gasteiger partial charge in [-0.05, 0) is 42.5 Å². The molecule has 0 radical (unpaired) electrons. The van der Waals surface area contributed by atoms with Crippen LogP contribution in [0, 0.1) is 0 Å². The van der Waals surface area contributed by atoms with Gasteiger partial charge in [0.05, 0.1) is 23.4 Å². The largest absolute Gasteiger partial charge is 0.465 e. The topological polar surface area (TPSA) is 81.4 Å². The van der Waals surface area contributed by atoms with Crippen LogP contribution in [0.15, 0.2) is 42.5 Å². The molecular formula is C15H13ClN2O3. The van der Waals surface area contributed by atoms with Crippen molar-refractivity contribution in [1.82, 2.24) is 0 Å². The number of hydrogen-bond donors (Lipinski definition) is 2. The molecule has 0 aliphatic rings. The van der Waals surface area contributed by atoms with Crippen LogP contribution in [0.4, 0.5) is 11.4 Å². The fourth-order valence-corrected chi connectivity index (χ4v) is 1.86. The summed E-state index contributed by atoms with van der Waals surface area (Å²) in [4.78, 5) is 23.4. The first kappa shape index (κ1) is 14.9. The van der Waals surface area contributed by atoms with Crippen LogP contribution < -0.4 is 11.1 Å². The Labute approximate surface area is 126 Å². The Morgan fingerprint density at radius 2 is 1.71 bits per heavy atom. The highest BCUT2D eigenvalue weighted by Gasteiger charge is 2.09. The molecule has 3 N–H and O–H groups in total. The van der Waals surface area contributed by atoms with E-state index < -0.39 is 5.97 Å². The second kappa shape index (κ2) is 6.28. The molecule has 2 aromatic carbocycles. The fraction of sp³-hybridized carbons (Fsp3) is 0.0667. The van der Waals surface area contributed by atoms with E-state index in [0.717, 1.165) is 0 Å². The third-order valence-electron chi connectivity index (χ3n) is 2.83. The number of rotatable bonds is 3. The average Bonchev–Trinajstić information content (AvgIpc) is 2.50. The number of hydrogen-bond acceptors (Lipinski definition) is 4. The van der Waals surface area contributed by atoms with Crippen molar-refractivity contribution < 1.29 is 14.3 Å². The molecule has 108 valence electrons. The SMILES string of the molecule is COC(=O)c1ccc(NC(=O)c2ccc(N)c(Cl)c2)cc1. The minimum atomic E-state index is -0.432. The summed E-state index contributed by atoms with van der Waals surface area (Å²) in [6.07, 6.45) is 0. The molecule has 0 saturated heterocycles. The lowest BCUT2D eigenvalue weighted by Crippen LogP contribution is -2.12. The highest BCUT2D eigenvalue weighted by Crippen LogP contribution is 2.20. The first-order chi connectivity index (χ1) is 10.0. The summed E-state index contributed by atoms with van der Waals surface area (Å²) in [7, 11) is 1.31. The van der Waals surface area contributed by atoms with E-state index in [1.54, 1.807) is 36.4 Å². The first-order valence-corrected chi connectivity index (χ1v) is 6.44. The van der Waals surface area contributed by atoms with E-state index in [2.05, 4.69) is 10.1 Å². The monoisotopic (exact) mass is 304 g/mol. The number of ether oxygens (including phenoxy) is 1. The predicted molar refractivity (Wildman–Crippen MR) is 81.6 cm³/mol. The molecule has 0 spiro atoms. The number of benzene rings is 2. The fourth-order valence-electron chi connectivity index (χ4n) is 1.68. The molecule has 6 heteroatoms. The van der Waals surface area contributed by atoms with Crippen molar-refractivity contribution in [3.8, 4) is 0 Å². The van der Waals surface area contributed by atoms with Gasteiger partial charge >= 0.3 is 5.97 Å². The van der Waals surface area contributed by atoms with Gasteiger partial charge in [-0.2, -0.15) is 0 Å². The number of nitrogens with one attached hydrogen (secondary N) is 1. The normalized spacial score (nSPS) is 10.0. The van der Waals surface area contributed by atoms with E-state index >= 15 is 0 Å². The van der Waals surface area contributed by atoms with Crippen molar-refractivity contribution in [3.63, 3.8) is 0 Å². The van der Waals surface area contributed by atoms with Crippen LogP contribution in [0.1, 0.15) is 20.7 Å². The molecule has 0 bridgehead atoms. The number of methoxy groups -OCH3 is 1. The van der Waals surface area contributed by atoms with Gasteiger partial charge in [-0.15, -0.1) is 0 Å². The maximum atomic E-state index is 12.1. The summed E-state index contributed by atoms with van der Waals surface area (Å²) in [5.41, 5.74) is 7.36. The van der Waals surface area contributed by atoms with Crippen molar-refractivity contribution in [1.29, 1.82) is 0 Å². The molecule has 0 aromatic heterocycles. The molecule has 1 amide bonds. The lowest BCUT2D eigenvalue weighted by molar-refractivity contribution is 0.0600. The smallest absolute Gasteiger partial charge is 0.337 e. The summed E-state index contributed by atoms with van der Waals surface area (Å²) < 4.78 is 4.60. The number of anilines is 2. The van der Waals surface area contributed by atoms with Gasteiger partial charge < -0.3 is 15.8 Å². The Morgan fingerprint density at radius 1 is 1.10 bits per heavy atom. The van der Waals surface area contributed by atoms with Crippen molar-refractivity contribution in [2.24, 2.45) is 0 Å². The summed E-state index contributed by atoms with van der Waals surface area (Å²) in [5, 5.41) is 3.02. The average molecular weight is 305 g/mol. The standard InChI is InChI=1S/C15H13ClN2O3/c1-21-15(20)9-2-5-11(6-3-9)18-14(19)10-4-7-13(17)12(16)8-10/h2-8H,17H2,1H3,(H,18,19). The molecule has 0 saturated carbocycles. The molecule has 0 unspecified atom stereocenters. The van der Waals surface area contributed by atoms with E-state index in [1.165, 1.54) is 13.2 Å². The van der Waals surface area contributed by atoms with Crippen molar-refractivity contribution in [2.45, 2.75) is 0 Å². The highest BCUT2D eigenvalue weighted by atomic mass is 35.5. The summed E-state index contributed by atoms with van der Waals surface area (Å²) >= 11 is 5.88. The number of halogens is 1. The van der Waals surface area contributed by atoms with Crippen LogP contribution in [0.25, 0.3) is 0 Å². The van der Waals surface area contributed by atoms with E-state index in [4.69, 9.17) is 17.3 Å². The molecule has 0 aliphatic heterocycles. The van der Waals surface area contributed by atoms with Gasteiger partial charge in [0.15, 0.2) is 0 Å². The van der Waals surface area contributed by atoms with Crippen LogP contribution in [0.3, 0.4) is 0 Å². The van der Waals surface area contributed by atoms with E-state index in [0.29, 0.717) is 27.5 Å². The zero-order valence-corrected chi connectivity index (χ0v) is 12.0. The van der Waals surface area contributed by atoms with Crippen LogP contribution in [0.2, 0.25) is 5.02 Å². The molecule has 5 nitrogen and oxygen atoms in total. The predicted octanol–water partition coefficient (Wildman–Crippen LogP) is 2.96. The van der Waals surface area contributed by atoms with Crippen molar-refractivity contribution in [3.05, 3.63) is 58.6 Å². The zero-order valence-electron chi connectivity index (χ0n) is 11.2. The van der Waals surface area contributed by atoms with Gasteiger partial charge in [0.2, 0.25) is 0 Å². The van der Waals surface area contributed by atoms with Crippen molar-refractivity contribution >= 4 is 34.9 Å². The van der Waals surface area contributed by atoms with Crippen LogP contribution in [-0.4, -0.2) is 19.0 Å². The summed E-state index contributed by atoms with van der Waals surface area (Å²) in [6.45, 7) is 0. The Bertz CT molecular complexity index is 684. The second-order valence-electron chi connectivity index (χ2n) is 4.26. The van der Waals surface area contributed by atoms with E-state index in [9.17, 15) is 9.59 Å². The van der Waals surface area contributed by atoms with E-state index in [-0.39, 0.29) is 5.91 Å². The summed E-state index contributed by atoms with van der Waals surface area (Å²) in [5.74, 6) is -0.749. The lowest BCUT2D eigenvalue weighted by atomic mass is 10.1. The zero-order chi connectivity index (χ0) is 15.4. The second-order valence-corrected chi connectivity index (χ2v) is 4.67. The Balaban J connectivity index is 2.12. The van der Waals surface area contributed by atoms with Crippen LogP contribution in [-0.2, 0) is 4.74 Å². The minimum absolute atomic E-state index is 0.317. The van der Waals surface area contributed by atoms with Gasteiger partial charge in [-0.3, -0.25) is 4.79 Å². The number of carbonyl (C=O) groups is 2. The number of nitrogens with two attached hydrogens (primary N) is 1. The molecular weight excluding hydrogens is 292 g/mol. The highest BCUT2D eigenvalue weighted by molar-refractivity contribution is 6.33. The maximum absolute atomic E-state index is 12.1. The molecule has 0 fully saturated rings. The third kappa shape index (κ3) is 3.52. The number of amides is 1. The Hall–Kier alpha value is -2.53. The molecule has 2 rings (SSSR count). The molecule has 0 heterocycles. The van der Waals surface area contributed by atoms with Gasteiger partial charge in [-0.1, -0.05) is 11.6 Å². The molecule has 21 heavy (non-hydrogen) atoms. The van der Waals surface area contributed by atoms with Crippen LogP contribution >= 0.6 is 11.6 Å². The summed E-state index contributed by atoms with van der Waals surface area (Å²) in [6, 6.07) is 11.0. The number of carbonyl (C=O) groups excluding carboxylic acids is 2. The number of esters is 1. The van der Waals surface area contributed by atoms with Gasteiger partial charge in [-0.25, -0.2) is 4.79 Å².